The number of aliphatic hydroxyl groups excluding tert-OH is 1. The summed E-state index contributed by atoms with van der Waals surface area (Å²) in [6, 6.07) is 0. The van der Waals surface area contributed by atoms with Gasteiger partial charge in [-0.25, -0.2) is 0 Å². The zero-order chi connectivity index (χ0) is 8.44. The Balaban J connectivity index is 2.03. The number of ether oxygens (including phenoxy) is 2. The molecule has 1 aliphatic heterocycles. The van der Waals surface area contributed by atoms with Crippen LogP contribution in [0.3, 0.4) is 0 Å². The van der Waals surface area contributed by atoms with Crippen LogP contribution in [0.1, 0.15) is 12.8 Å². The van der Waals surface area contributed by atoms with Crippen LogP contribution in [0.2, 0.25) is 0 Å². The van der Waals surface area contributed by atoms with Crippen molar-refractivity contribution in [3.8, 4) is 0 Å². The lowest BCUT2D eigenvalue weighted by molar-refractivity contribution is -0.128. The minimum Gasteiger partial charge on any atom is -0.396 e. The Hall–Kier alpha value is -0.380. The van der Waals surface area contributed by atoms with Crippen LogP contribution in [-0.4, -0.2) is 30.7 Å². The summed E-state index contributed by atoms with van der Waals surface area (Å²) in [5.41, 5.74) is 0. The molecule has 1 spiro atoms. The number of aliphatic hydroxyl groups is 1. The summed E-state index contributed by atoms with van der Waals surface area (Å²) >= 11 is 0. The SMILES string of the molecule is OCC1C=CC2(CC1)OCCO2. The van der Waals surface area contributed by atoms with Crippen molar-refractivity contribution in [1.29, 1.82) is 0 Å². The van der Waals surface area contributed by atoms with Gasteiger partial charge in [0, 0.05) is 18.9 Å². The van der Waals surface area contributed by atoms with Crippen molar-refractivity contribution in [3.63, 3.8) is 0 Å². The summed E-state index contributed by atoms with van der Waals surface area (Å²) in [6.45, 7) is 1.61. The molecule has 3 heteroatoms. The summed E-state index contributed by atoms with van der Waals surface area (Å²) < 4.78 is 11.0. The highest BCUT2D eigenvalue weighted by Crippen LogP contribution is 2.32. The van der Waals surface area contributed by atoms with E-state index in [0.29, 0.717) is 19.1 Å². The fourth-order valence-electron chi connectivity index (χ4n) is 1.71. The normalized spacial score (nSPS) is 32.9. The summed E-state index contributed by atoms with van der Waals surface area (Å²) in [6.07, 6.45) is 5.76. The molecule has 2 aliphatic rings. The third kappa shape index (κ3) is 1.40. The number of hydrogen-bond acceptors (Lipinski definition) is 3. The first-order chi connectivity index (χ1) is 5.85. The van der Waals surface area contributed by atoms with E-state index in [-0.39, 0.29) is 6.61 Å². The lowest BCUT2D eigenvalue weighted by atomic mass is 9.93. The third-order valence-electron chi connectivity index (χ3n) is 2.50. The Bertz CT molecular complexity index is 182. The topological polar surface area (TPSA) is 38.7 Å². The molecule has 1 atom stereocenters. The smallest absolute Gasteiger partial charge is 0.188 e. The minimum absolute atomic E-state index is 0.229. The monoisotopic (exact) mass is 170 g/mol. The maximum absolute atomic E-state index is 8.89. The van der Waals surface area contributed by atoms with Gasteiger partial charge in [0.05, 0.1) is 13.2 Å². The average molecular weight is 170 g/mol. The molecule has 1 fully saturated rings. The summed E-state index contributed by atoms with van der Waals surface area (Å²) in [4.78, 5) is 0. The molecule has 0 radical (unpaired) electrons. The molecule has 0 aromatic carbocycles. The first-order valence-corrected chi connectivity index (χ1v) is 4.43. The second kappa shape index (κ2) is 3.17. The second-order valence-corrected chi connectivity index (χ2v) is 3.35. The molecule has 1 saturated heterocycles. The van der Waals surface area contributed by atoms with E-state index in [1.807, 2.05) is 12.2 Å². The lowest BCUT2D eigenvalue weighted by Gasteiger charge is -2.29. The maximum atomic E-state index is 8.89. The highest BCUT2D eigenvalue weighted by Gasteiger charge is 2.36. The lowest BCUT2D eigenvalue weighted by Crippen LogP contribution is -2.31. The van der Waals surface area contributed by atoms with E-state index in [1.165, 1.54) is 0 Å². The number of hydrogen-bond donors (Lipinski definition) is 1. The van der Waals surface area contributed by atoms with Gasteiger partial charge in [0.1, 0.15) is 0 Å². The Kier molecular flexibility index (Phi) is 2.17. The van der Waals surface area contributed by atoms with Crippen molar-refractivity contribution in [1.82, 2.24) is 0 Å². The summed E-state index contributed by atoms with van der Waals surface area (Å²) in [5, 5.41) is 8.89. The molecule has 0 saturated carbocycles. The van der Waals surface area contributed by atoms with Crippen molar-refractivity contribution in [3.05, 3.63) is 12.2 Å². The predicted octanol–water partition coefficient (Wildman–Crippen LogP) is 0.688. The molecule has 12 heavy (non-hydrogen) atoms. The van der Waals surface area contributed by atoms with Gasteiger partial charge in [0.2, 0.25) is 0 Å². The van der Waals surface area contributed by atoms with Gasteiger partial charge in [0.15, 0.2) is 5.79 Å². The zero-order valence-electron chi connectivity index (χ0n) is 7.03. The van der Waals surface area contributed by atoms with Crippen LogP contribution in [0.4, 0.5) is 0 Å². The highest BCUT2D eigenvalue weighted by atomic mass is 16.7. The molecule has 3 nitrogen and oxygen atoms in total. The number of rotatable bonds is 1. The fourth-order valence-corrected chi connectivity index (χ4v) is 1.71. The molecule has 0 aromatic rings. The molecule has 0 bridgehead atoms. The van der Waals surface area contributed by atoms with E-state index in [4.69, 9.17) is 14.6 Å². The van der Waals surface area contributed by atoms with Gasteiger partial charge in [-0.3, -0.25) is 0 Å². The van der Waals surface area contributed by atoms with Crippen LogP contribution in [0, 0.1) is 5.92 Å². The van der Waals surface area contributed by atoms with E-state index in [9.17, 15) is 0 Å². The van der Waals surface area contributed by atoms with Gasteiger partial charge in [-0.1, -0.05) is 6.08 Å². The molecule has 68 valence electrons. The van der Waals surface area contributed by atoms with Gasteiger partial charge in [-0.15, -0.1) is 0 Å². The van der Waals surface area contributed by atoms with Crippen LogP contribution in [0.5, 0.6) is 0 Å². The summed E-state index contributed by atoms with van der Waals surface area (Å²) in [7, 11) is 0. The largest absolute Gasteiger partial charge is 0.396 e. The fraction of sp³-hybridized carbons (Fsp3) is 0.778. The molecule has 0 aromatic heterocycles. The first-order valence-electron chi connectivity index (χ1n) is 4.43. The quantitative estimate of drug-likeness (QED) is 0.588. The van der Waals surface area contributed by atoms with Gasteiger partial charge in [0.25, 0.3) is 0 Å². The van der Waals surface area contributed by atoms with Crippen molar-refractivity contribution >= 4 is 0 Å². The first kappa shape index (κ1) is 8.23. The van der Waals surface area contributed by atoms with E-state index >= 15 is 0 Å². The Morgan fingerprint density at radius 1 is 1.42 bits per heavy atom. The van der Waals surface area contributed by atoms with Gasteiger partial charge < -0.3 is 14.6 Å². The van der Waals surface area contributed by atoms with Crippen LogP contribution < -0.4 is 0 Å². The molecule has 1 aliphatic carbocycles. The van der Waals surface area contributed by atoms with Crippen LogP contribution in [-0.2, 0) is 9.47 Å². The molecule has 1 heterocycles. The summed E-state index contributed by atoms with van der Waals surface area (Å²) in [5.74, 6) is -0.144. The molecular weight excluding hydrogens is 156 g/mol. The van der Waals surface area contributed by atoms with Crippen LogP contribution >= 0.6 is 0 Å². The molecule has 0 amide bonds. The zero-order valence-corrected chi connectivity index (χ0v) is 7.03. The molecule has 2 rings (SSSR count). The predicted molar refractivity (Wildman–Crippen MR) is 43.6 cm³/mol. The average Bonchev–Trinajstić information content (AvgIpc) is 2.55. The molecule has 1 unspecified atom stereocenters. The Labute approximate surface area is 72.0 Å². The Morgan fingerprint density at radius 3 is 2.67 bits per heavy atom. The minimum atomic E-state index is -0.439. The second-order valence-electron chi connectivity index (χ2n) is 3.35. The highest BCUT2D eigenvalue weighted by molar-refractivity contribution is 5.05. The van der Waals surface area contributed by atoms with E-state index < -0.39 is 5.79 Å². The van der Waals surface area contributed by atoms with Crippen LogP contribution in [0.15, 0.2) is 12.2 Å². The van der Waals surface area contributed by atoms with Crippen molar-refractivity contribution in [2.75, 3.05) is 19.8 Å². The maximum Gasteiger partial charge on any atom is 0.188 e. The third-order valence-corrected chi connectivity index (χ3v) is 2.50. The van der Waals surface area contributed by atoms with E-state index in [0.717, 1.165) is 12.8 Å². The Morgan fingerprint density at radius 2 is 2.17 bits per heavy atom. The van der Waals surface area contributed by atoms with Crippen molar-refractivity contribution in [2.45, 2.75) is 18.6 Å². The molecular formula is C9H14O3. The van der Waals surface area contributed by atoms with E-state index in [2.05, 4.69) is 0 Å². The van der Waals surface area contributed by atoms with E-state index in [1.54, 1.807) is 0 Å². The van der Waals surface area contributed by atoms with Gasteiger partial charge >= 0.3 is 0 Å². The standard InChI is InChI=1S/C9H14O3/c10-7-8-1-3-9(4-2-8)11-5-6-12-9/h1,3,8,10H,2,4-7H2. The van der Waals surface area contributed by atoms with Gasteiger partial charge in [-0.2, -0.15) is 0 Å². The van der Waals surface area contributed by atoms with Gasteiger partial charge in [-0.05, 0) is 12.5 Å². The molecule has 1 N–H and O–H groups in total. The van der Waals surface area contributed by atoms with Crippen molar-refractivity contribution in [2.24, 2.45) is 5.92 Å². The van der Waals surface area contributed by atoms with Crippen molar-refractivity contribution < 1.29 is 14.6 Å². The van der Waals surface area contributed by atoms with Crippen LogP contribution in [0.25, 0.3) is 0 Å².